The van der Waals surface area contributed by atoms with Crippen molar-refractivity contribution >= 4 is 21.9 Å². The van der Waals surface area contributed by atoms with E-state index in [0.717, 1.165) is 6.42 Å². The lowest BCUT2D eigenvalue weighted by Crippen LogP contribution is -2.16. The van der Waals surface area contributed by atoms with Crippen LogP contribution in [0.25, 0.3) is 0 Å². The fourth-order valence-electron chi connectivity index (χ4n) is 1.61. The van der Waals surface area contributed by atoms with Crippen LogP contribution in [0, 0.1) is 11.7 Å². The van der Waals surface area contributed by atoms with Gasteiger partial charge in [-0.3, -0.25) is 4.79 Å². The van der Waals surface area contributed by atoms with Crippen molar-refractivity contribution < 1.29 is 14.3 Å². The van der Waals surface area contributed by atoms with Crippen molar-refractivity contribution in [2.75, 3.05) is 0 Å². The molecule has 1 rings (SSSR count). The largest absolute Gasteiger partial charge is 0.481 e. The molecule has 0 saturated heterocycles. The van der Waals surface area contributed by atoms with Gasteiger partial charge in [-0.05, 0) is 30.5 Å². The number of hydrogen-bond donors (Lipinski definition) is 1. The van der Waals surface area contributed by atoms with E-state index in [1.54, 1.807) is 12.1 Å². The molecule has 0 bridgehead atoms. The third-order valence-corrected chi connectivity index (χ3v) is 2.96. The summed E-state index contributed by atoms with van der Waals surface area (Å²) in [7, 11) is 0. The van der Waals surface area contributed by atoms with Crippen LogP contribution in [0.2, 0.25) is 0 Å². The molecule has 1 aromatic rings. The standard InChI is InChI=1S/C12H14BrFO2/c1-2-3-9(12(15)16)6-8-4-5-10(13)7-11(8)14/h4-5,7,9H,2-3,6H2,1H3,(H,15,16). The van der Waals surface area contributed by atoms with Crippen LogP contribution in [-0.2, 0) is 11.2 Å². The van der Waals surface area contributed by atoms with E-state index in [1.165, 1.54) is 6.07 Å². The highest BCUT2D eigenvalue weighted by molar-refractivity contribution is 9.10. The van der Waals surface area contributed by atoms with Crippen LogP contribution in [0.4, 0.5) is 4.39 Å². The fraction of sp³-hybridized carbons (Fsp3) is 0.417. The molecule has 0 aliphatic carbocycles. The Hall–Kier alpha value is -0.900. The maximum absolute atomic E-state index is 13.5. The SMILES string of the molecule is CCCC(Cc1ccc(Br)cc1F)C(=O)O. The lowest BCUT2D eigenvalue weighted by molar-refractivity contribution is -0.141. The van der Waals surface area contributed by atoms with Gasteiger partial charge in [0, 0.05) is 4.47 Å². The van der Waals surface area contributed by atoms with Gasteiger partial charge in [-0.2, -0.15) is 0 Å². The highest BCUT2D eigenvalue weighted by Gasteiger charge is 2.18. The zero-order chi connectivity index (χ0) is 12.1. The van der Waals surface area contributed by atoms with Crippen LogP contribution in [-0.4, -0.2) is 11.1 Å². The van der Waals surface area contributed by atoms with Crippen LogP contribution in [0.3, 0.4) is 0 Å². The number of carboxylic acid groups (broad SMARTS) is 1. The van der Waals surface area contributed by atoms with Gasteiger partial charge in [0.2, 0.25) is 0 Å². The minimum absolute atomic E-state index is 0.252. The lowest BCUT2D eigenvalue weighted by atomic mass is 9.95. The van der Waals surface area contributed by atoms with Crippen molar-refractivity contribution in [2.24, 2.45) is 5.92 Å². The van der Waals surface area contributed by atoms with E-state index < -0.39 is 11.9 Å². The quantitative estimate of drug-likeness (QED) is 0.898. The zero-order valence-electron chi connectivity index (χ0n) is 9.04. The maximum atomic E-state index is 13.5. The normalized spacial score (nSPS) is 12.4. The Labute approximate surface area is 103 Å². The number of halogens is 2. The topological polar surface area (TPSA) is 37.3 Å². The van der Waals surface area contributed by atoms with Crippen molar-refractivity contribution in [3.05, 3.63) is 34.1 Å². The molecule has 0 radical (unpaired) electrons. The Bertz CT molecular complexity index is 379. The monoisotopic (exact) mass is 288 g/mol. The van der Waals surface area contributed by atoms with E-state index in [9.17, 15) is 9.18 Å². The Kier molecular flexibility index (Phi) is 4.93. The highest BCUT2D eigenvalue weighted by Crippen LogP contribution is 2.20. The molecule has 1 atom stereocenters. The molecule has 0 fully saturated rings. The molecule has 2 nitrogen and oxygen atoms in total. The molecule has 0 aliphatic rings. The summed E-state index contributed by atoms with van der Waals surface area (Å²) in [6.07, 6.45) is 1.61. The van der Waals surface area contributed by atoms with Crippen molar-refractivity contribution in [3.63, 3.8) is 0 Å². The Balaban J connectivity index is 2.81. The number of carbonyl (C=O) groups is 1. The van der Waals surface area contributed by atoms with Crippen LogP contribution < -0.4 is 0 Å². The van der Waals surface area contributed by atoms with Crippen LogP contribution in [0.1, 0.15) is 25.3 Å². The van der Waals surface area contributed by atoms with Crippen molar-refractivity contribution in [3.8, 4) is 0 Å². The molecule has 88 valence electrons. The van der Waals surface area contributed by atoms with E-state index in [4.69, 9.17) is 5.11 Å². The van der Waals surface area contributed by atoms with Gasteiger partial charge in [0.15, 0.2) is 0 Å². The number of carboxylic acids is 1. The molecule has 4 heteroatoms. The molecule has 16 heavy (non-hydrogen) atoms. The van der Waals surface area contributed by atoms with Gasteiger partial charge in [0.1, 0.15) is 5.82 Å². The van der Waals surface area contributed by atoms with Gasteiger partial charge in [0.25, 0.3) is 0 Å². The number of aliphatic carboxylic acids is 1. The first-order valence-corrected chi connectivity index (χ1v) is 6.00. The van der Waals surface area contributed by atoms with Gasteiger partial charge in [0.05, 0.1) is 5.92 Å². The maximum Gasteiger partial charge on any atom is 0.306 e. The van der Waals surface area contributed by atoms with E-state index in [0.29, 0.717) is 16.5 Å². The molecule has 0 spiro atoms. The Morgan fingerprint density at radius 1 is 1.56 bits per heavy atom. The van der Waals surface area contributed by atoms with E-state index in [2.05, 4.69) is 15.9 Å². The van der Waals surface area contributed by atoms with Gasteiger partial charge in [-0.25, -0.2) is 4.39 Å². The molecule has 0 saturated carbocycles. The summed E-state index contributed by atoms with van der Waals surface area (Å²) in [5.41, 5.74) is 0.462. The molecule has 0 aromatic heterocycles. The third-order valence-electron chi connectivity index (χ3n) is 2.47. The first-order chi connectivity index (χ1) is 7.54. The summed E-state index contributed by atoms with van der Waals surface area (Å²) < 4.78 is 14.2. The molecular formula is C12H14BrFO2. The first kappa shape index (κ1) is 13.2. The summed E-state index contributed by atoms with van der Waals surface area (Å²) in [5, 5.41) is 8.98. The summed E-state index contributed by atoms with van der Waals surface area (Å²) in [6.45, 7) is 1.92. The average molecular weight is 289 g/mol. The molecule has 1 unspecified atom stereocenters. The van der Waals surface area contributed by atoms with E-state index >= 15 is 0 Å². The van der Waals surface area contributed by atoms with Crippen LogP contribution in [0.5, 0.6) is 0 Å². The smallest absolute Gasteiger partial charge is 0.306 e. The van der Waals surface area contributed by atoms with Crippen molar-refractivity contribution in [1.29, 1.82) is 0 Å². The minimum Gasteiger partial charge on any atom is -0.481 e. The fourth-order valence-corrected chi connectivity index (χ4v) is 1.95. The van der Waals surface area contributed by atoms with Crippen LogP contribution in [0.15, 0.2) is 22.7 Å². The number of rotatable bonds is 5. The summed E-state index contributed by atoms with van der Waals surface area (Å²) in [6, 6.07) is 4.72. The van der Waals surface area contributed by atoms with Gasteiger partial charge >= 0.3 is 5.97 Å². The summed E-state index contributed by atoms with van der Waals surface area (Å²) in [4.78, 5) is 10.9. The summed E-state index contributed by atoms with van der Waals surface area (Å²) in [5.74, 6) is -1.71. The first-order valence-electron chi connectivity index (χ1n) is 5.21. The van der Waals surface area contributed by atoms with Gasteiger partial charge in [-0.1, -0.05) is 35.3 Å². The molecule has 0 heterocycles. The van der Waals surface area contributed by atoms with Crippen molar-refractivity contribution in [1.82, 2.24) is 0 Å². The predicted octanol–water partition coefficient (Wildman–Crippen LogP) is 3.63. The van der Waals surface area contributed by atoms with Gasteiger partial charge < -0.3 is 5.11 Å². The van der Waals surface area contributed by atoms with Gasteiger partial charge in [-0.15, -0.1) is 0 Å². The predicted molar refractivity (Wildman–Crippen MR) is 63.8 cm³/mol. The van der Waals surface area contributed by atoms with E-state index in [1.807, 2.05) is 6.92 Å². The number of benzene rings is 1. The molecule has 1 N–H and O–H groups in total. The second-order valence-corrected chi connectivity index (χ2v) is 4.68. The number of hydrogen-bond acceptors (Lipinski definition) is 1. The zero-order valence-corrected chi connectivity index (χ0v) is 10.6. The molecule has 1 aromatic carbocycles. The Morgan fingerprint density at radius 3 is 2.75 bits per heavy atom. The highest BCUT2D eigenvalue weighted by atomic mass is 79.9. The summed E-state index contributed by atoms with van der Waals surface area (Å²) >= 11 is 3.17. The molecular weight excluding hydrogens is 275 g/mol. The van der Waals surface area contributed by atoms with Crippen molar-refractivity contribution in [2.45, 2.75) is 26.2 Å². The Morgan fingerprint density at radius 2 is 2.25 bits per heavy atom. The third kappa shape index (κ3) is 3.59. The second-order valence-electron chi connectivity index (χ2n) is 3.76. The minimum atomic E-state index is -0.857. The lowest BCUT2D eigenvalue weighted by Gasteiger charge is -2.11. The molecule has 0 amide bonds. The molecule has 0 aliphatic heterocycles. The second kappa shape index (κ2) is 5.99. The van der Waals surface area contributed by atoms with E-state index in [-0.39, 0.29) is 12.2 Å². The van der Waals surface area contributed by atoms with Crippen LogP contribution >= 0.6 is 15.9 Å². The average Bonchev–Trinajstić information content (AvgIpc) is 2.20.